The molecular formula is C19H20FN3O3. The van der Waals surface area contributed by atoms with Gasteiger partial charge in [-0.05, 0) is 55.3 Å². The van der Waals surface area contributed by atoms with Crippen LogP contribution < -0.4 is 16.0 Å². The summed E-state index contributed by atoms with van der Waals surface area (Å²) in [4.78, 5) is 26.1. The number of esters is 1. The van der Waals surface area contributed by atoms with E-state index in [-0.39, 0.29) is 11.3 Å². The Labute approximate surface area is 150 Å². The number of nitrogens with two attached hydrogens (primary N) is 1. The third kappa shape index (κ3) is 4.30. The van der Waals surface area contributed by atoms with Crippen molar-refractivity contribution in [2.45, 2.75) is 12.8 Å². The highest BCUT2D eigenvalue weighted by Gasteiger charge is 2.15. The molecule has 26 heavy (non-hydrogen) atoms. The molecule has 2 aromatic rings. The first kappa shape index (κ1) is 17.7. The summed E-state index contributed by atoms with van der Waals surface area (Å²) >= 11 is 0. The zero-order chi connectivity index (χ0) is 18.5. The summed E-state index contributed by atoms with van der Waals surface area (Å²) in [6.45, 7) is 1.64. The van der Waals surface area contributed by atoms with Gasteiger partial charge in [-0.2, -0.15) is 0 Å². The molecule has 0 spiro atoms. The monoisotopic (exact) mass is 357 g/mol. The second-order valence-corrected chi connectivity index (χ2v) is 6.10. The number of ether oxygens (including phenoxy) is 1. The Morgan fingerprint density at radius 2 is 1.81 bits per heavy atom. The molecular weight excluding hydrogens is 337 g/mol. The average molecular weight is 357 g/mol. The molecule has 0 aromatic heterocycles. The quantitative estimate of drug-likeness (QED) is 0.635. The van der Waals surface area contributed by atoms with Crippen molar-refractivity contribution in [1.29, 1.82) is 0 Å². The Morgan fingerprint density at radius 3 is 2.46 bits per heavy atom. The van der Waals surface area contributed by atoms with Crippen molar-refractivity contribution in [3.8, 4) is 0 Å². The molecule has 1 fully saturated rings. The van der Waals surface area contributed by atoms with E-state index in [0.29, 0.717) is 5.69 Å². The van der Waals surface area contributed by atoms with Crippen molar-refractivity contribution >= 4 is 28.9 Å². The van der Waals surface area contributed by atoms with E-state index in [9.17, 15) is 14.0 Å². The Kier molecular flexibility index (Phi) is 5.36. The molecule has 0 atom stereocenters. The fourth-order valence-corrected chi connectivity index (χ4v) is 2.86. The van der Waals surface area contributed by atoms with E-state index < -0.39 is 24.3 Å². The molecule has 3 rings (SSSR count). The maximum absolute atomic E-state index is 13.0. The minimum absolute atomic E-state index is 0.0224. The molecule has 2 aromatic carbocycles. The molecule has 3 N–H and O–H groups in total. The van der Waals surface area contributed by atoms with Crippen molar-refractivity contribution in [3.05, 3.63) is 53.8 Å². The van der Waals surface area contributed by atoms with Crippen molar-refractivity contribution < 1.29 is 18.7 Å². The lowest BCUT2D eigenvalue weighted by Crippen LogP contribution is -2.21. The third-order valence-electron chi connectivity index (χ3n) is 4.19. The van der Waals surface area contributed by atoms with Crippen molar-refractivity contribution in [1.82, 2.24) is 0 Å². The number of anilines is 3. The topological polar surface area (TPSA) is 84.7 Å². The second-order valence-electron chi connectivity index (χ2n) is 6.10. The van der Waals surface area contributed by atoms with E-state index >= 15 is 0 Å². The SMILES string of the molecule is Nc1cc(F)ccc1C(=O)OCC(=O)Nc1ccc(N2CCCC2)cc1. The van der Waals surface area contributed by atoms with Gasteiger partial charge in [-0.25, -0.2) is 9.18 Å². The summed E-state index contributed by atoms with van der Waals surface area (Å²) in [7, 11) is 0. The van der Waals surface area contributed by atoms with Gasteiger partial charge in [0.15, 0.2) is 6.61 Å². The number of halogens is 1. The van der Waals surface area contributed by atoms with E-state index in [1.54, 1.807) is 0 Å². The second kappa shape index (κ2) is 7.86. The van der Waals surface area contributed by atoms with Gasteiger partial charge in [-0.3, -0.25) is 4.79 Å². The Hall–Kier alpha value is -3.09. The average Bonchev–Trinajstić information content (AvgIpc) is 3.15. The number of hydrogen-bond acceptors (Lipinski definition) is 5. The number of nitrogens with zero attached hydrogens (tertiary/aromatic N) is 1. The standard InChI is InChI=1S/C19H20FN3O3/c20-13-3-8-16(17(21)11-13)19(25)26-12-18(24)22-14-4-6-15(7-5-14)23-9-1-2-10-23/h3-8,11H,1-2,9-10,12,21H2,(H,22,24). The Balaban J connectivity index is 1.51. The minimum atomic E-state index is -0.776. The highest BCUT2D eigenvalue weighted by atomic mass is 19.1. The highest BCUT2D eigenvalue weighted by Crippen LogP contribution is 2.22. The molecule has 1 heterocycles. The lowest BCUT2D eigenvalue weighted by molar-refractivity contribution is -0.119. The van der Waals surface area contributed by atoms with Crippen LogP contribution in [0.5, 0.6) is 0 Å². The molecule has 0 radical (unpaired) electrons. The molecule has 0 aliphatic carbocycles. The molecule has 0 saturated carbocycles. The number of rotatable bonds is 5. The van der Waals surface area contributed by atoms with Gasteiger partial charge in [0.05, 0.1) is 5.56 Å². The van der Waals surface area contributed by atoms with E-state index in [2.05, 4.69) is 10.2 Å². The number of carbonyl (C=O) groups excluding carboxylic acids is 2. The maximum atomic E-state index is 13.0. The first-order chi connectivity index (χ1) is 12.5. The third-order valence-corrected chi connectivity index (χ3v) is 4.19. The lowest BCUT2D eigenvalue weighted by atomic mass is 10.2. The predicted octanol–water partition coefficient (Wildman–Crippen LogP) is 2.80. The van der Waals surface area contributed by atoms with Gasteiger partial charge in [0.25, 0.3) is 5.91 Å². The van der Waals surface area contributed by atoms with Gasteiger partial charge in [0.1, 0.15) is 5.82 Å². The smallest absolute Gasteiger partial charge is 0.340 e. The van der Waals surface area contributed by atoms with E-state index in [1.165, 1.54) is 18.9 Å². The predicted molar refractivity (Wildman–Crippen MR) is 97.6 cm³/mol. The molecule has 1 saturated heterocycles. The van der Waals surface area contributed by atoms with Crippen molar-refractivity contribution in [2.24, 2.45) is 0 Å². The number of nitrogen functional groups attached to an aromatic ring is 1. The van der Waals surface area contributed by atoms with Crippen LogP contribution in [0.4, 0.5) is 21.5 Å². The lowest BCUT2D eigenvalue weighted by Gasteiger charge is -2.17. The summed E-state index contributed by atoms with van der Waals surface area (Å²) in [5, 5.41) is 2.66. The normalized spacial score (nSPS) is 13.5. The molecule has 1 aliphatic heterocycles. The van der Waals surface area contributed by atoms with Crippen molar-refractivity contribution in [2.75, 3.05) is 35.6 Å². The van der Waals surface area contributed by atoms with Gasteiger partial charge in [-0.1, -0.05) is 0 Å². The number of nitrogens with one attached hydrogen (secondary N) is 1. The highest BCUT2D eigenvalue weighted by molar-refractivity contribution is 5.98. The number of hydrogen-bond donors (Lipinski definition) is 2. The zero-order valence-corrected chi connectivity index (χ0v) is 14.2. The van der Waals surface area contributed by atoms with Crippen LogP contribution in [-0.2, 0) is 9.53 Å². The Morgan fingerprint density at radius 1 is 1.12 bits per heavy atom. The summed E-state index contributed by atoms with van der Waals surface area (Å²) in [6.07, 6.45) is 2.39. The van der Waals surface area contributed by atoms with Crippen LogP contribution in [0, 0.1) is 5.82 Å². The molecule has 0 bridgehead atoms. The van der Waals surface area contributed by atoms with Gasteiger partial charge in [-0.15, -0.1) is 0 Å². The van der Waals surface area contributed by atoms with Gasteiger partial charge < -0.3 is 20.7 Å². The van der Waals surface area contributed by atoms with Gasteiger partial charge in [0, 0.05) is 30.2 Å². The number of benzene rings is 2. The molecule has 6 nitrogen and oxygen atoms in total. The fourth-order valence-electron chi connectivity index (χ4n) is 2.86. The fraction of sp³-hybridized carbons (Fsp3) is 0.263. The first-order valence-corrected chi connectivity index (χ1v) is 8.40. The van der Waals surface area contributed by atoms with Crippen LogP contribution in [0.15, 0.2) is 42.5 Å². The number of amides is 1. The molecule has 1 aliphatic rings. The summed E-state index contributed by atoms with van der Waals surface area (Å²) < 4.78 is 17.9. The first-order valence-electron chi connectivity index (χ1n) is 8.40. The number of carbonyl (C=O) groups is 2. The van der Waals surface area contributed by atoms with Crippen LogP contribution >= 0.6 is 0 Å². The molecule has 1 amide bonds. The summed E-state index contributed by atoms with van der Waals surface area (Å²) in [5.74, 6) is -1.79. The van der Waals surface area contributed by atoms with Crippen LogP contribution in [0.1, 0.15) is 23.2 Å². The zero-order valence-electron chi connectivity index (χ0n) is 14.2. The summed E-state index contributed by atoms with van der Waals surface area (Å²) in [6, 6.07) is 10.9. The van der Waals surface area contributed by atoms with Crippen LogP contribution in [0.3, 0.4) is 0 Å². The minimum Gasteiger partial charge on any atom is -0.452 e. The van der Waals surface area contributed by atoms with Crippen LogP contribution in [0.2, 0.25) is 0 Å². The van der Waals surface area contributed by atoms with Gasteiger partial charge in [0.2, 0.25) is 0 Å². The van der Waals surface area contributed by atoms with E-state index in [0.717, 1.165) is 30.9 Å². The van der Waals surface area contributed by atoms with Crippen molar-refractivity contribution in [3.63, 3.8) is 0 Å². The van der Waals surface area contributed by atoms with Gasteiger partial charge >= 0.3 is 5.97 Å². The largest absolute Gasteiger partial charge is 0.452 e. The molecule has 136 valence electrons. The maximum Gasteiger partial charge on any atom is 0.340 e. The van der Waals surface area contributed by atoms with Crippen LogP contribution in [-0.4, -0.2) is 31.6 Å². The van der Waals surface area contributed by atoms with E-state index in [1.807, 2.05) is 24.3 Å². The molecule has 0 unspecified atom stereocenters. The Bertz CT molecular complexity index is 802. The van der Waals surface area contributed by atoms with E-state index in [4.69, 9.17) is 10.5 Å². The van der Waals surface area contributed by atoms with Crippen LogP contribution in [0.25, 0.3) is 0 Å². The summed E-state index contributed by atoms with van der Waals surface area (Å²) in [5.41, 5.74) is 7.31. The molecule has 7 heteroatoms.